The van der Waals surface area contributed by atoms with Crippen molar-refractivity contribution in [3.63, 3.8) is 0 Å². The summed E-state index contributed by atoms with van der Waals surface area (Å²) in [7, 11) is 0. The molecule has 0 unspecified atom stereocenters. The molecule has 0 saturated carbocycles. The minimum absolute atomic E-state index is 0.0247. The molecule has 0 spiro atoms. The van der Waals surface area contributed by atoms with E-state index in [0.717, 1.165) is 19.3 Å². The zero-order valence-corrected chi connectivity index (χ0v) is 15.2. The summed E-state index contributed by atoms with van der Waals surface area (Å²) < 4.78 is 0. The van der Waals surface area contributed by atoms with Crippen LogP contribution in [0.4, 0.5) is 0 Å². The van der Waals surface area contributed by atoms with E-state index in [0.29, 0.717) is 12.8 Å². The molecule has 0 aliphatic rings. The highest BCUT2D eigenvalue weighted by molar-refractivity contribution is 5.66. The van der Waals surface area contributed by atoms with Crippen molar-refractivity contribution in [1.29, 1.82) is 0 Å². The van der Waals surface area contributed by atoms with Crippen LogP contribution < -0.4 is 0 Å². The predicted octanol–water partition coefficient (Wildman–Crippen LogP) is 2.10. The van der Waals surface area contributed by atoms with Crippen LogP contribution >= 0.6 is 0 Å². The maximum Gasteiger partial charge on any atom is 0.303 e. The fourth-order valence-electron chi connectivity index (χ4n) is 2.13. The molecule has 0 aromatic carbocycles. The molecule has 5 N–H and O–H groups in total. The van der Waals surface area contributed by atoms with Gasteiger partial charge in [-0.3, -0.25) is 4.79 Å². The Bertz CT molecular complexity index is 467. The van der Waals surface area contributed by atoms with Gasteiger partial charge >= 0.3 is 5.97 Å². The van der Waals surface area contributed by atoms with Crippen LogP contribution in [0.1, 0.15) is 44.9 Å². The van der Waals surface area contributed by atoms with Crippen molar-refractivity contribution >= 4 is 5.97 Å². The molecular formula is C20H32O6. The van der Waals surface area contributed by atoms with Gasteiger partial charge < -0.3 is 25.5 Å². The van der Waals surface area contributed by atoms with Crippen LogP contribution in [0.5, 0.6) is 0 Å². The van der Waals surface area contributed by atoms with Gasteiger partial charge in [0.15, 0.2) is 0 Å². The Morgan fingerprint density at radius 3 is 2.00 bits per heavy atom. The zero-order chi connectivity index (χ0) is 19.6. The lowest BCUT2D eigenvalue weighted by atomic mass is 10.1. The van der Waals surface area contributed by atoms with Crippen LogP contribution in [-0.2, 0) is 4.79 Å². The van der Waals surface area contributed by atoms with E-state index in [1.807, 2.05) is 0 Å². The molecule has 148 valence electrons. The highest BCUT2D eigenvalue weighted by Crippen LogP contribution is 2.07. The summed E-state index contributed by atoms with van der Waals surface area (Å²) in [6.07, 6.45) is 14.8. The third kappa shape index (κ3) is 15.8. The lowest BCUT2D eigenvalue weighted by Gasteiger charge is -2.13. The Hall–Kier alpha value is -1.73. The topological polar surface area (TPSA) is 118 Å². The Balaban J connectivity index is 3.94. The molecule has 0 aromatic rings. The zero-order valence-electron chi connectivity index (χ0n) is 15.2. The number of carbonyl (C=O) groups is 1. The molecule has 6 nitrogen and oxygen atoms in total. The number of hydrogen-bond acceptors (Lipinski definition) is 5. The lowest BCUT2D eigenvalue weighted by molar-refractivity contribution is -0.137. The van der Waals surface area contributed by atoms with E-state index in [2.05, 4.69) is 0 Å². The van der Waals surface area contributed by atoms with Crippen LogP contribution in [-0.4, -0.2) is 56.4 Å². The Kier molecular flexibility index (Phi) is 15.6. The monoisotopic (exact) mass is 368 g/mol. The standard InChI is InChI=1S/C20H32O6/c21-16-9-5-7-12-17(22)11-6-3-1-2-4-8-13-18(23)19(24)14-10-15-20(25)26/h1-4,6,8,11,13,17-19,21-24H,5,7,9-10,12,14-16H2,(H,25,26)/b3-1-,4-2+,11-6+,13-8+/t17-,18-,19+/m1/s1. The molecule has 6 heteroatoms. The van der Waals surface area contributed by atoms with Crippen LogP contribution in [0.3, 0.4) is 0 Å². The van der Waals surface area contributed by atoms with Crippen molar-refractivity contribution in [3.05, 3.63) is 48.6 Å². The van der Waals surface area contributed by atoms with Crippen LogP contribution in [0.2, 0.25) is 0 Å². The molecule has 0 bridgehead atoms. The molecule has 0 rings (SSSR count). The second-order valence-corrected chi connectivity index (χ2v) is 6.02. The lowest BCUT2D eigenvalue weighted by Crippen LogP contribution is -2.23. The third-order valence-corrected chi connectivity index (χ3v) is 3.64. The smallest absolute Gasteiger partial charge is 0.303 e. The quantitative estimate of drug-likeness (QED) is 0.223. The largest absolute Gasteiger partial charge is 0.481 e. The van der Waals surface area contributed by atoms with Gasteiger partial charge in [-0.1, -0.05) is 61.4 Å². The molecule has 3 atom stereocenters. The SMILES string of the molecule is O=C(O)CCC[C@H](O)[C@H](O)/C=C/C=C/C=C\C=C\[C@@H](O)CCCCCO. The molecule has 0 radical (unpaired) electrons. The molecule has 0 amide bonds. The van der Waals surface area contributed by atoms with E-state index in [-0.39, 0.29) is 19.4 Å². The van der Waals surface area contributed by atoms with E-state index in [4.69, 9.17) is 10.2 Å². The van der Waals surface area contributed by atoms with E-state index >= 15 is 0 Å². The van der Waals surface area contributed by atoms with Gasteiger partial charge in [-0.05, 0) is 25.7 Å². The fraction of sp³-hybridized carbons (Fsp3) is 0.550. The number of aliphatic hydroxyl groups is 4. The fourth-order valence-corrected chi connectivity index (χ4v) is 2.13. The third-order valence-electron chi connectivity index (χ3n) is 3.64. The number of aliphatic carboxylic acids is 1. The first-order chi connectivity index (χ1) is 12.5. The van der Waals surface area contributed by atoms with Crippen LogP contribution in [0, 0.1) is 0 Å². The number of hydrogen-bond donors (Lipinski definition) is 5. The first-order valence-corrected chi connectivity index (χ1v) is 9.02. The van der Waals surface area contributed by atoms with E-state index in [9.17, 15) is 20.1 Å². The van der Waals surface area contributed by atoms with Crippen molar-refractivity contribution in [1.82, 2.24) is 0 Å². The highest BCUT2D eigenvalue weighted by atomic mass is 16.4. The molecule has 0 fully saturated rings. The minimum atomic E-state index is -1.03. The second kappa shape index (κ2) is 16.7. The highest BCUT2D eigenvalue weighted by Gasteiger charge is 2.12. The number of rotatable bonds is 15. The van der Waals surface area contributed by atoms with Crippen LogP contribution in [0.25, 0.3) is 0 Å². The molecule has 0 heterocycles. The summed E-state index contributed by atoms with van der Waals surface area (Å²) in [6.45, 7) is 0.191. The van der Waals surface area contributed by atoms with Gasteiger partial charge in [0, 0.05) is 13.0 Å². The molecular weight excluding hydrogens is 336 g/mol. The average Bonchev–Trinajstić information content (AvgIpc) is 2.60. The summed E-state index contributed by atoms with van der Waals surface area (Å²) in [5, 5.41) is 46.2. The van der Waals surface area contributed by atoms with Crippen molar-refractivity contribution in [2.75, 3.05) is 6.61 Å². The summed E-state index contributed by atoms with van der Waals surface area (Å²) in [4.78, 5) is 10.4. The molecule has 0 aromatic heterocycles. The van der Waals surface area contributed by atoms with Crippen molar-refractivity contribution in [2.24, 2.45) is 0 Å². The van der Waals surface area contributed by atoms with Crippen molar-refractivity contribution in [2.45, 2.75) is 63.3 Å². The number of carboxylic acid groups (broad SMARTS) is 1. The first-order valence-electron chi connectivity index (χ1n) is 9.02. The second-order valence-electron chi connectivity index (χ2n) is 6.02. The molecule has 0 aliphatic carbocycles. The predicted molar refractivity (Wildman–Crippen MR) is 102 cm³/mol. The average molecular weight is 368 g/mol. The van der Waals surface area contributed by atoms with Gasteiger partial charge in [-0.25, -0.2) is 0 Å². The maximum atomic E-state index is 10.4. The van der Waals surface area contributed by atoms with E-state index < -0.39 is 24.3 Å². The number of carboxylic acids is 1. The Labute approximate surface area is 155 Å². The summed E-state index contributed by atoms with van der Waals surface area (Å²) in [6, 6.07) is 0. The van der Waals surface area contributed by atoms with Gasteiger partial charge in [0.2, 0.25) is 0 Å². The summed E-state index contributed by atoms with van der Waals surface area (Å²) in [5.41, 5.74) is 0. The minimum Gasteiger partial charge on any atom is -0.481 e. The van der Waals surface area contributed by atoms with Gasteiger partial charge in [-0.15, -0.1) is 0 Å². The van der Waals surface area contributed by atoms with E-state index in [1.54, 1.807) is 42.5 Å². The van der Waals surface area contributed by atoms with Crippen LogP contribution in [0.15, 0.2) is 48.6 Å². The summed E-state index contributed by atoms with van der Waals surface area (Å²) >= 11 is 0. The molecule has 26 heavy (non-hydrogen) atoms. The van der Waals surface area contributed by atoms with Gasteiger partial charge in [-0.2, -0.15) is 0 Å². The number of unbranched alkanes of at least 4 members (excludes halogenated alkanes) is 2. The Morgan fingerprint density at radius 2 is 1.38 bits per heavy atom. The van der Waals surface area contributed by atoms with Gasteiger partial charge in [0.1, 0.15) is 0 Å². The Morgan fingerprint density at radius 1 is 0.769 bits per heavy atom. The normalized spacial score (nSPS) is 16.2. The van der Waals surface area contributed by atoms with Gasteiger partial charge in [0.05, 0.1) is 18.3 Å². The maximum absolute atomic E-state index is 10.4. The van der Waals surface area contributed by atoms with Crippen molar-refractivity contribution in [3.8, 4) is 0 Å². The number of aliphatic hydroxyl groups excluding tert-OH is 4. The van der Waals surface area contributed by atoms with Crippen molar-refractivity contribution < 1.29 is 30.3 Å². The van der Waals surface area contributed by atoms with Gasteiger partial charge in [0.25, 0.3) is 0 Å². The number of allylic oxidation sites excluding steroid dienone is 6. The molecule has 0 saturated heterocycles. The molecule has 0 aliphatic heterocycles. The summed E-state index contributed by atoms with van der Waals surface area (Å²) in [5.74, 6) is -0.916. The first kappa shape index (κ1) is 24.3. The van der Waals surface area contributed by atoms with E-state index in [1.165, 1.54) is 6.08 Å².